The summed E-state index contributed by atoms with van der Waals surface area (Å²) in [5.74, 6) is 1.03. The molecule has 0 saturated heterocycles. The van der Waals surface area contributed by atoms with Gasteiger partial charge in [0.05, 0.1) is 4.90 Å². The summed E-state index contributed by atoms with van der Waals surface area (Å²) in [7, 11) is -3.59. The van der Waals surface area contributed by atoms with E-state index in [0.717, 1.165) is 43.4 Å². The Morgan fingerprint density at radius 3 is 2.83 bits per heavy atom. The number of rotatable bonds is 4. The molecule has 0 spiro atoms. The average Bonchev–Trinajstić information content (AvgIpc) is 2.88. The molecule has 3 rings (SSSR count). The maximum Gasteiger partial charge on any atom is 0.241 e. The van der Waals surface area contributed by atoms with E-state index in [2.05, 4.69) is 11.6 Å². The molecule has 23 heavy (non-hydrogen) atoms. The zero-order valence-corrected chi connectivity index (χ0v) is 14.7. The van der Waals surface area contributed by atoms with Gasteiger partial charge in [0.1, 0.15) is 11.9 Å². The molecule has 1 aromatic carbocycles. The predicted molar refractivity (Wildman–Crippen MR) is 90.0 cm³/mol. The van der Waals surface area contributed by atoms with Gasteiger partial charge in [-0.2, -0.15) is 0 Å². The number of hydrogen-bond acceptors (Lipinski definition) is 4. The van der Waals surface area contributed by atoms with Gasteiger partial charge in [0.15, 0.2) is 0 Å². The fourth-order valence-electron chi connectivity index (χ4n) is 3.80. The molecular formula is C17H26N2O3S. The number of benzene rings is 1. The van der Waals surface area contributed by atoms with Crippen LogP contribution in [-0.2, 0) is 16.4 Å². The molecule has 1 aliphatic carbocycles. The van der Waals surface area contributed by atoms with Crippen LogP contribution in [0.2, 0.25) is 0 Å². The highest BCUT2D eigenvalue weighted by Crippen LogP contribution is 2.35. The van der Waals surface area contributed by atoms with E-state index in [4.69, 9.17) is 10.5 Å². The fraction of sp³-hybridized carbons (Fsp3) is 0.647. The maximum absolute atomic E-state index is 12.9. The standard InChI is InChI=1S/C17H26N2O3S/c1-12-5-3-4-8-17(12,11-18)19-23(20,21)15-6-7-16-14(10-15)9-13(2)22-16/h6-7,10,12-13,19H,3-5,8-9,11,18H2,1-2H3. The molecule has 5 nitrogen and oxygen atoms in total. The first-order chi connectivity index (χ1) is 10.9. The van der Waals surface area contributed by atoms with Crippen LogP contribution in [0.25, 0.3) is 0 Å². The first-order valence-electron chi connectivity index (χ1n) is 8.40. The third-order valence-electron chi connectivity index (χ3n) is 5.33. The molecule has 1 saturated carbocycles. The highest BCUT2D eigenvalue weighted by Gasteiger charge is 2.40. The number of ether oxygens (including phenoxy) is 1. The van der Waals surface area contributed by atoms with Crippen molar-refractivity contribution < 1.29 is 13.2 Å². The number of hydrogen-bond donors (Lipinski definition) is 2. The van der Waals surface area contributed by atoms with Gasteiger partial charge in [0.2, 0.25) is 10.0 Å². The van der Waals surface area contributed by atoms with Gasteiger partial charge in [-0.1, -0.05) is 19.8 Å². The third kappa shape index (κ3) is 3.12. The Labute approximate surface area is 138 Å². The Balaban J connectivity index is 1.88. The van der Waals surface area contributed by atoms with Gasteiger partial charge in [-0.05, 0) is 49.4 Å². The smallest absolute Gasteiger partial charge is 0.241 e. The van der Waals surface area contributed by atoms with Crippen molar-refractivity contribution in [3.8, 4) is 5.75 Å². The molecule has 3 N–H and O–H groups in total. The van der Waals surface area contributed by atoms with Crippen molar-refractivity contribution in [1.29, 1.82) is 0 Å². The Kier molecular flexibility index (Phi) is 4.42. The van der Waals surface area contributed by atoms with Crippen molar-refractivity contribution in [3.05, 3.63) is 23.8 Å². The van der Waals surface area contributed by atoms with Crippen molar-refractivity contribution in [2.75, 3.05) is 6.54 Å². The Hall–Kier alpha value is -1.11. The predicted octanol–water partition coefficient (Wildman–Crippen LogP) is 2.20. The molecule has 3 unspecified atom stereocenters. The third-order valence-corrected chi connectivity index (χ3v) is 6.88. The lowest BCUT2D eigenvalue weighted by Gasteiger charge is -2.42. The first kappa shape index (κ1) is 16.7. The quantitative estimate of drug-likeness (QED) is 0.882. The van der Waals surface area contributed by atoms with E-state index in [-0.39, 0.29) is 12.0 Å². The summed E-state index contributed by atoms with van der Waals surface area (Å²) in [6.45, 7) is 4.41. The van der Waals surface area contributed by atoms with Crippen LogP contribution in [0.5, 0.6) is 5.75 Å². The highest BCUT2D eigenvalue weighted by atomic mass is 32.2. The zero-order valence-electron chi connectivity index (χ0n) is 13.8. The highest BCUT2D eigenvalue weighted by molar-refractivity contribution is 7.89. The van der Waals surface area contributed by atoms with Crippen LogP contribution in [0.3, 0.4) is 0 Å². The van der Waals surface area contributed by atoms with Crippen molar-refractivity contribution in [2.45, 2.75) is 62.5 Å². The average molecular weight is 338 g/mol. The molecule has 0 bridgehead atoms. The largest absolute Gasteiger partial charge is 0.490 e. The van der Waals surface area contributed by atoms with E-state index < -0.39 is 15.6 Å². The van der Waals surface area contributed by atoms with Crippen LogP contribution in [-0.4, -0.2) is 26.6 Å². The van der Waals surface area contributed by atoms with Gasteiger partial charge >= 0.3 is 0 Å². The minimum Gasteiger partial charge on any atom is -0.490 e. The van der Waals surface area contributed by atoms with E-state index >= 15 is 0 Å². The van der Waals surface area contributed by atoms with E-state index in [1.54, 1.807) is 18.2 Å². The number of sulfonamides is 1. The molecule has 2 aliphatic rings. The van der Waals surface area contributed by atoms with E-state index in [1.165, 1.54) is 0 Å². The van der Waals surface area contributed by atoms with Crippen LogP contribution in [0, 0.1) is 5.92 Å². The molecular weight excluding hydrogens is 312 g/mol. The van der Waals surface area contributed by atoms with Crippen molar-refractivity contribution >= 4 is 10.0 Å². The summed E-state index contributed by atoms with van der Waals surface area (Å²) in [6.07, 6.45) is 4.81. The monoisotopic (exact) mass is 338 g/mol. The van der Waals surface area contributed by atoms with E-state index in [0.29, 0.717) is 11.4 Å². The van der Waals surface area contributed by atoms with E-state index in [1.807, 2.05) is 6.92 Å². The van der Waals surface area contributed by atoms with Crippen molar-refractivity contribution in [2.24, 2.45) is 11.7 Å². The summed E-state index contributed by atoms with van der Waals surface area (Å²) in [6, 6.07) is 5.11. The molecule has 0 amide bonds. The molecule has 0 radical (unpaired) electrons. The van der Waals surface area contributed by atoms with Crippen LogP contribution >= 0.6 is 0 Å². The summed E-state index contributed by atoms with van der Waals surface area (Å²) >= 11 is 0. The lowest BCUT2D eigenvalue weighted by molar-refractivity contribution is 0.191. The zero-order chi connectivity index (χ0) is 16.7. The number of fused-ring (bicyclic) bond motifs is 1. The van der Waals surface area contributed by atoms with Crippen LogP contribution in [0.1, 0.15) is 45.1 Å². The lowest BCUT2D eigenvalue weighted by Crippen LogP contribution is -2.58. The minimum absolute atomic E-state index is 0.102. The molecule has 0 aromatic heterocycles. The Morgan fingerprint density at radius 2 is 2.13 bits per heavy atom. The normalized spacial score (nSPS) is 30.7. The first-order valence-corrected chi connectivity index (χ1v) is 9.88. The van der Waals surface area contributed by atoms with Gasteiger partial charge in [-0.25, -0.2) is 13.1 Å². The number of nitrogens with two attached hydrogens (primary N) is 1. The molecule has 128 valence electrons. The molecule has 6 heteroatoms. The van der Waals surface area contributed by atoms with Gasteiger partial charge in [0.25, 0.3) is 0 Å². The maximum atomic E-state index is 12.9. The van der Waals surface area contributed by atoms with Gasteiger partial charge in [-0.3, -0.25) is 0 Å². The molecule has 1 aliphatic heterocycles. The second kappa shape index (κ2) is 6.07. The van der Waals surface area contributed by atoms with Crippen molar-refractivity contribution in [3.63, 3.8) is 0 Å². The second-order valence-electron chi connectivity index (χ2n) is 7.01. The fourth-order valence-corrected chi connectivity index (χ4v) is 5.39. The Morgan fingerprint density at radius 1 is 1.35 bits per heavy atom. The topological polar surface area (TPSA) is 81.4 Å². The molecule has 3 atom stereocenters. The van der Waals surface area contributed by atoms with Gasteiger partial charge < -0.3 is 10.5 Å². The van der Waals surface area contributed by atoms with E-state index in [9.17, 15) is 8.42 Å². The SMILES string of the molecule is CC1Cc2cc(S(=O)(=O)NC3(CN)CCCCC3C)ccc2O1. The summed E-state index contributed by atoms with van der Waals surface area (Å²) < 4.78 is 34.3. The van der Waals surface area contributed by atoms with Gasteiger partial charge in [-0.15, -0.1) is 0 Å². The Bertz CT molecular complexity index is 689. The van der Waals surface area contributed by atoms with Crippen LogP contribution in [0.4, 0.5) is 0 Å². The summed E-state index contributed by atoms with van der Waals surface area (Å²) in [4.78, 5) is 0.305. The lowest BCUT2D eigenvalue weighted by atomic mass is 9.74. The van der Waals surface area contributed by atoms with Crippen LogP contribution in [0.15, 0.2) is 23.1 Å². The second-order valence-corrected chi connectivity index (χ2v) is 8.70. The van der Waals surface area contributed by atoms with Gasteiger partial charge in [0, 0.05) is 18.5 Å². The minimum atomic E-state index is -3.59. The van der Waals surface area contributed by atoms with Crippen molar-refractivity contribution in [1.82, 2.24) is 4.72 Å². The number of nitrogens with one attached hydrogen (secondary N) is 1. The summed E-state index contributed by atoms with van der Waals surface area (Å²) in [5.41, 5.74) is 6.40. The van der Waals surface area contributed by atoms with Crippen LogP contribution < -0.4 is 15.2 Å². The molecule has 1 fully saturated rings. The molecule has 1 heterocycles. The summed E-state index contributed by atoms with van der Waals surface area (Å²) in [5, 5.41) is 0. The molecule has 1 aromatic rings.